The average Bonchev–Trinajstić information content (AvgIpc) is 2.93. The van der Waals surface area contributed by atoms with Gasteiger partial charge >= 0.3 is 0 Å². The minimum absolute atomic E-state index is 0.611. The van der Waals surface area contributed by atoms with Crippen molar-refractivity contribution in [3.8, 4) is 0 Å². The van der Waals surface area contributed by atoms with Crippen molar-refractivity contribution in [2.75, 3.05) is 5.32 Å². The van der Waals surface area contributed by atoms with Gasteiger partial charge in [-0.1, -0.05) is 28.6 Å². The molecule has 1 N–H and O–H groups in total. The van der Waals surface area contributed by atoms with Crippen molar-refractivity contribution in [2.45, 2.75) is 20.4 Å². The predicted octanol–water partition coefficient (Wildman–Crippen LogP) is 3.51. The molecule has 3 rings (SSSR count). The quantitative estimate of drug-likeness (QED) is 0.782. The van der Waals surface area contributed by atoms with E-state index in [1.807, 2.05) is 13.0 Å². The van der Waals surface area contributed by atoms with Crippen LogP contribution in [-0.2, 0) is 6.54 Å². The van der Waals surface area contributed by atoms with Gasteiger partial charge in [0.1, 0.15) is 0 Å². The molecule has 5 heteroatoms. The number of hydrogen-bond donors (Lipinski definition) is 1. The number of para-hydroxylation sites is 1. The summed E-state index contributed by atoms with van der Waals surface area (Å²) in [7, 11) is 0. The molecule has 0 aliphatic heterocycles. The lowest BCUT2D eigenvalue weighted by Gasteiger charge is -1.96. The first kappa shape index (κ1) is 11.2. The lowest BCUT2D eigenvalue weighted by molar-refractivity contribution is 0.384. The van der Waals surface area contributed by atoms with Gasteiger partial charge in [0.15, 0.2) is 10.9 Å². The zero-order valence-corrected chi connectivity index (χ0v) is 11.0. The summed E-state index contributed by atoms with van der Waals surface area (Å²) < 4.78 is 6.35. The summed E-state index contributed by atoms with van der Waals surface area (Å²) in [5.74, 6) is 0.823. The highest BCUT2D eigenvalue weighted by atomic mass is 32.1. The van der Waals surface area contributed by atoms with Crippen LogP contribution in [-0.4, -0.2) is 10.1 Å². The molecule has 0 radical (unpaired) electrons. The molecule has 18 heavy (non-hydrogen) atoms. The molecule has 3 aromatic rings. The lowest BCUT2D eigenvalue weighted by atomic mass is 10.2. The Balaban J connectivity index is 1.81. The van der Waals surface area contributed by atoms with Crippen LogP contribution in [0.2, 0.25) is 0 Å². The summed E-state index contributed by atoms with van der Waals surface area (Å²) in [5.41, 5.74) is 3.16. The zero-order valence-electron chi connectivity index (χ0n) is 10.2. The monoisotopic (exact) mass is 259 g/mol. The number of thiazole rings is 1. The van der Waals surface area contributed by atoms with Crippen LogP contribution in [0.15, 0.2) is 28.8 Å². The molecule has 0 fully saturated rings. The van der Waals surface area contributed by atoms with Crippen molar-refractivity contribution in [1.29, 1.82) is 0 Å². The molecule has 0 aliphatic carbocycles. The van der Waals surface area contributed by atoms with Crippen LogP contribution in [0, 0.1) is 13.8 Å². The maximum atomic E-state index is 5.15. The molecular formula is C13H13N3OS. The fourth-order valence-electron chi connectivity index (χ4n) is 1.82. The van der Waals surface area contributed by atoms with Crippen LogP contribution in [0.4, 0.5) is 5.13 Å². The Hall–Kier alpha value is -1.88. The van der Waals surface area contributed by atoms with Crippen molar-refractivity contribution in [2.24, 2.45) is 0 Å². The Kier molecular flexibility index (Phi) is 2.76. The van der Waals surface area contributed by atoms with Crippen LogP contribution in [0.25, 0.3) is 10.2 Å². The lowest BCUT2D eigenvalue weighted by Crippen LogP contribution is -1.97. The fourth-order valence-corrected chi connectivity index (χ4v) is 2.76. The van der Waals surface area contributed by atoms with Crippen LogP contribution in [0.1, 0.15) is 17.0 Å². The first-order valence-electron chi connectivity index (χ1n) is 5.74. The van der Waals surface area contributed by atoms with E-state index in [1.54, 1.807) is 11.3 Å². The Labute approximate surface area is 109 Å². The number of fused-ring (bicyclic) bond motifs is 1. The van der Waals surface area contributed by atoms with Crippen molar-refractivity contribution in [3.05, 3.63) is 41.3 Å². The van der Waals surface area contributed by atoms with Gasteiger partial charge in [-0.15, -0.1) is 0 Å². The summed E-state index contributed by atoms with van der Waals surface area (Å²) in [4.78, 5) is 4.58. The third kappa shape index (κ3) is 2.09. The third-order valence-electron chi connectivity index (χ3n) is 2.71. The smallest absolute Gasteiger partial charge is 0.184 e. The number of nitrogens with one attached hydrogen (secondary N) is 1. The summed E-state index contributed by atoms with van der Waals surface area (Å²) in [6.07, 6.45) is 0. The minimum atomic E-state index is 0.611. The van der Waals surface area contributed by atoms with Gasteiger partial charge in [0.25, 0.3) is 0 Å². The standard InChI is InChI=1S/C13H13N3OS/c1-8-4-3-5-11-12(8)15-13(18-11)14-7-10-6-9(2)16-17-10/h3-6H,7H2,1-2H3,(H,14,15). The molecule has 0 saturated heterocycles. The van der Waals surface area contributed by atoms with Crippen LogP contribution >= 0.6 is 11.3 Å². The molecule has 0 spiro atoms. The van der Waals surface area contributed by atoms with Gasteiger partial charge in [-0.2, -0.15) is 0 Å². The molecule has 0 saturated carbocycles. The minimum Gasteiger partial charge on any atom is -0.359 e. The second kappa shape index (κ2) is 4.42. The third-order valence-corrected chi connectivity index (χ3v) is 3.69. The molecule has 0 amide bonds. The van der Waals surface area contributed by atoms with Crippen molar-refractivity contribution in [3.63, 3.8) is 0 Å². The summed E-state index contributed by atoms with van der Waals surface area (Å²) in [6, 6.07) is 8.14. The van der Waals surface area contributed by atoms with E-state index in [0.29, 0.717) is 6.54 Å². The van der Waals surface area contributed by atoms with E-state index in [-0.39, 0.29) is 0 Å². The highest BCUT2D eigenvalue weighted by molar-refractivity contribution is 7.22. The Morgan fingerprint density at radius 1 is 1.33 bits per heavy atom. The molecule has 92 valence electrons. The molecule has 0 atom stereocenters. The van der Waals surface area contributed by atoms with E-state index in [4.69, 9.17) is 4.52 Å². The van der Waals surface area contributed by atoms with E-state index in [2.05, 4.69) is 40.6 Å². The van der Waals surface area contributed by atoms with Gasteiger partial charge in [0.2, 0.25) is 0 Å². The Bertz CT molecular complexity index is 686. The Morgan fingerprint density at radius 3 is 2.94 bits per heavy atom. The maximum absolute atomic E-state index is 5.15. The van der Waals surface area contributed by atoms with Gasteiger partial charge in [0.05, 0.1) is 22.5 Å². The first-order chi connectivity index (χ1) is 8.72. The fraction of sp³-hybridized carbons (Fsp3) is 0.231. The molecule has 2 heterocycles. The average molecular weight is 259 g/mol. The van der Waals surface area contributed by atoms with E-state index in [1.165, 1.54) is 10.3 Å². The highest BCUT2D eigenvalue weighted by Gasteiger charge is 2.06. The SMILES string of the molecule is Cc1cc(CNc2nc3c(C)cccc3s2)on1. The van der Waals surface area contributed by atoms with Crippen LogP contribution in [0.3, 0.4) is 0 Å². The summed E-state index contributed by atoms with van der Waals surface area (Å²) in [5, 5.41) is 8.03. The Morgan fingerprint density at radius 2 is 2.22 bits per heavy atom. The molecule has 2 aromatic heterocycles. The molecule has 0 bridgehead atoms. The number of benzene rings is 1. The summed E-state index contributed by atoms with van der Waals surface area (Å²) >= 11 is 1.65. The van der Waals surface area contributed by atoms with Gasteiger partial charge in [-0.25, -0.2) is 4.98 Å². The van der Waals surface area contributed by atoms with E-state index in [0.717, 1.165) is 22.1 Å². The normalized spacial score (nSPS) is 11.0. The number of anilines is 1. The van der Waals surface area contributed by atoms with Crippen LogP contribution in [0.5, 0.6) is 0 Å². The number of hydrogen-bond acceptors (Lipinski definition) is 5. The molecule has 1 aromatic carbocycles. The van der Waals surface area contributed by atoms with E-state index >= 15 is 0 Å². The zero-order chi connectivity index (χ0) is 12.5. The number of rotatable bonds is 3. The largest absolute Gasteiger partial charge is 0.359 e. The highest BCUT2D eigenvalue weighted by Crippen LogP contribution is 2.28. The van der Waals surface area contributed by atoms with Crippen molar-refractivity contribution < 1.29 is 4.52 Å². The molecule has 0 aliphatic rings. The van der Waals surface area contributed by atoms with E-state index < -0.39 is 0 Å². The second-order valence-electron chi connectivity index (χ2n) is 4.23. The number of aryl methyl sites for hydroxylation is 2. The first-order valence-corrected chi connectivity index (χ1v) is 6.56. The predicted molar refractivity (Wildman–Crippen MR) is 72.9 cm³/mol. The van der Waals surface area contributed by atoms with Gasteiger partial charge in [-0.05, 0) is 25.5 Å². The number of nitrogens with zero attached hydrogens (tertiary/aromatic N) is 2. The maximum Gasteiger partial charge on any atom is 0.184 e. The van der Waals surface area contributed by atoms with Gasteiger partial charge in [0, 0.05) is 6.07 Å². The van der Waals surface area contributed by atoms with Crippen molar-refractivity contribution >= 4 is 26.7 Å². The topological polar surface area (TPSA) is 51.0 Å². The van der Waals surface area contributed by atoms with Crippen molar-refractivity contribution in [1.82, 2.24) is 10.1 Å². The second-order valence-corrected chi connectivity index (χ2v) is 5.26. The summed E-state index contributed by atoms with van der Waals surface area (Å²) in [6.45, 7) is 4.60. The van der Waals surface area contributed by atoms with E-state index in [9.17, 15) is 0 Å². The van der Waals surface area contributed by atoms with Gasteiger partial charge in [-0.3, -0.25) is 0 Å². The molecule has 4 nitrogen and oxygen atoms in total. The van der Waals surface area contributed by atoms with Gasteiger partial charge < -0.3 is 9.84 Å². The molecular weight excluding hydrogens is 246 g/mol. The molecule has 0 unspecified atom stereocenters. The number of aromatic nitrogens is 2. The van der Waals surface area contributed by atoms with Crippen LogP contribution < -0.4 is 5.32 Å².